The number of nitrogens with zero attached hydrogens (tertiary/aromatic N) is 2. The van der Waals surface area contributed by atoms with Gasteiger partial charge in [0, 0.05) is 36.0 Å². The van der Waals surface area contributed by atoms with Crippen LogP contribution in [0.2, 0.25) is 0 Å². The highest BCUT2D eigenvalue weighted by Gasteiger charge is 2.12. The minimum atomic E-state index is -0.873. The van der Waals surface area contributed by atoms with Crippen molar-refractivity contribution >= 4 is 34.9 Å². The van der Waals surface area contributed by atoms with Gasteiger partial charge in [-0.05, 0) is 47.5 Å². The van der Waals surface area contributed by atoms with Crippen LogP contribution in [0.3, 0.4) is 0 Å². The second-order valence-electron chi connectivity index (χ2n) is 6.98. The summed E-state index contributed by atoms with van der Waals surface area (Å²) >= 11 is 0. The highest BCUT2D eigenvalue weighted by Crippen LogP contribution is 2.27. The van der Waals surface area contributed by atoms with E-state index in [4.69, 9.17) is 9.47 Å². The number of hydrogen-bond donors (Lipinski definition) is 3. The predicted molar refractivity (Wildman–Crippen MR) is 122 cm³/mol. The Bertz CT molecular complexity index is 1240. The maximum absolute atomic E-state index is 12.0. The molecule has 0 heterocycles. The summed E-state index contributed by atoms with van der Waals surface area (Å²) in [6.45, 7) is -0.277. The molecule has 0 aliphatic rings. The van der Waals surface area contributed by atoms with Crippen molar-refractivity contribution in [3.63, 3.8) is 0 Å². The van der Waals surface area contributed by atoms with E-state index < -0.39 is 22.0 Å². The minimum absolute atomic E-state index is 0.0171. The maximum Gasteiger partial charge on any atom is 0.412 e. The molecular formula is C22H18N4O9. The highest BCUT2D eigenvalue weighted by molar-refractivity contribution is 5.89. The topological polar surface area (TPSA) is 183 Å². The fourth-order valence-corrected chi connectivity index (χ4v) is 2.74. The first-order valence-electron chi connectivity index (χ1n) is 9.88. The Morgan fingerprint density at radius 3 is 1.63 bits per heavy atom. The van der Waals surface area contributed by atoms with Gasteiger partial charge in [-0.3, -0.25) is 30.9 Å². The molecule has 2 amide bonds. The number of nitro groups is 2. The summed E-state index contributed by atoms with van der Waals surface area (Å²) in [5.74, 6) is -0.356. The van der Waals surface area contributed by atoms with Crippen molar-refractivity contribution in [1.29, 1.82) is 0 Å². The second-order valence-corrected chi connectivity index (χ2v) is 6.98. The first-order chi connectivity index (χ1) is 16.7. The zero-order valence-corrected chi connectivity index (χ0v) is 17.9. The molecule has 13 nitrogen and oxygen atoms in total. The van der Waals surface area contributed by atoms with Gasteiger partial charge in [-0.15, -0.1) is 0 Å². The summed E-state index contributed by atoms with van der Waals surface area (Å²) in [4.78, 5) is 44.2. The number of anilines is 2. The highest BCUT2D eigenvalue weighted by atomic mass is 16.6. The monoisotopic (exact) mass is 482 g/mol. The molecule has 0 unspecified atom stereocenters. The normalized spacial score (nSPS) is 10.2. The van der Waals surface area contributed by atoms with Crippen molar-refractivity contribution in [3.05, 3.63) is 98.1 Å². The van der Waals surface area contributed by atoms with E-state index in [0.717, 1.165) is 0 Å². The van der Waals surface area contributed by atoms with Crippen LogP contribution in [-0.2, 0) is 22.7 Å². The average molecular weight is 482 g/mol. The molecule has 3 N–H and O–H groups in total. The lowest BCUT2D eigenvalue weighted by atomic mass is 10.2. The average Bonchev–Trinajstić information content (AvgIpc) is 2.83. The number of nitrogens with one attached hydrogen (secondary N) is 2. The van der Waals surface area contributed by atoms with Crippen molar-refractivity contribution in [1.82, 2.24) is 0 Å². The molecule has 13 heteroatoms. The lowest BCUT2D eigenvalue weighted by Gasteiger charge is -2.11. The Morgan fingerprint density at radius 1 is 0.743 bits per heavy atom. The van der Waals surface area contributed by atoms with Crippen LogP contribution in [0.1, 0.15) is 11.1 Å². The van der Waals surface area contributed by atoms with Crippen molar-refractivity contribution < 1.29 is 34.0 Å². The molecule has 35 heavy (non-hydrogen) atoms. The number of amides is 2. The second kappa shape index (κ2) is 11.1. The smallest absolute Gasteiger partial charge is 0.412 e. The van der Waals surface area contributed by atoms with Crippen molar-refractivity contribution in [2.45, 2.75) is 13.2 Å². The van der Waals surface area contributed by atoms with Crippen LogP contribution < -0.4 is 10.6 Å². The fourth-order valence-electron chi connectivity index (χ4n) is 2.74. The third-order valence-corrected chi connectivity index (χ3v) is 4.52. The van der Waals surface area contributed by atoms with Gasteiger partial charge in [-0.25, -0.2) is 9.59 Å². The molecule has 3 aromatic rings. The van der Waals surface area contributed by atoms with E-state index in [1.165, 1.54) is 66.7 Å². The van der Waals surface area contributed by atoms with Crippen molar-refractivity contribution in [3.8, 4) is 5.75 Å². The molecule has 0 spiro atoms. The van der Waals surface area contributed by atoms with E-state index in [1.807, 2.05) is 0 Å². The lowest BCUT2D eigenvalue weighted by molar-refractivity contribution is -0.385. The largest absolute Gasteiger partial charge is 0.506 e. The third kappa shape index (κ3) is 7.15. The first kappa shape index (κ1) is 24.4. The van der Waals surface area contributed by atoms with E-state index in [2.05, 4.69) is 10.6 Å². The molecule has 0 aliphatic carbocycles. The van der Waals surface area contributed by atoms with E-state index in [1.54, 1.807) is 0 Å². The van der Waals surface area contributed by atoms with Crippen molar-refractivity contribution in [2.75, 3.05) is 10.6 Å². The van der Waals surface area contributed by atoms with Crippen LogP contribution in [0, 0.1) is 20.2 Å². The molecule has 180 valence electrons. The number of phenolic OH excluding ortho intramolecular Hbond substituents is 1. The van der Waals surface area contributed by atoms with Gasteiger partial charge in [0.05, 0.1) is 15.5 Å². The van der Waals surface area contributed by atoms with Gasteiger partial charge < -0.3 is 14.6 Å². The number of nitro benzene ring substituents is 2. The van der Waals surface area contributed by atoms with Crippen LogP contribution in [0.5, 0.6) is 5.75 Å². The summed E-state index contributed by atoms with van der Waals surface area (Å²) < 4.78 is 10.1. The number of ether oxygens (including phenoxy) is 2. The summed E-state index contributed by atoms with van der Waals surface area (Å²) in [6.07, 6.45) is -1.70. The Morgan fingerprint density at radius 2 is 1.20 bits per heavy atom. The quantitative estimate of drug-likeness (QED) is 0.232. The minimum Gasteiger partial charge on any atom is -0.506 e. The maximum atomic E-state index is 12.0. The van der Waals surface area contributed by atoms with Crippen LogP contribution in [0.4, 0.5) is 32.3 Å². The van der Waals surface area contributed by atoms with Gasteiger partial charge in [0.1, 0.15) is 19.0 Å². The van der Waals surface area contributed by atoms with Crippen LogP contribution in [-0.4, -0.2) is 27.1 Å². The Hall–Kier alpha value is -5.20. The Kier molecular flexibility index (Phi) is 7.74. The summed E-state index contributed by atoms with van der Waals surface area (Å²) in [6, 6.07) is 14.9. The number of benzene rings is 3. The molecule has 0 radical (unpaired) electrons. The lowest BCUT2D eigenvalue weighted by Crippen LogP contribution is -2.15. The van der Waals surface area contributed by atoms with E-state index in [-0.39, 0.29) is 41.7 Å². The van der Waals surface area contributed by atoms with Crippen molar-refractivity contribution in [2.24, 2.45) is 0 Å². The number of non-ortho nitro benzene ring substituents is 2. The molecule has 0 fully saturated rings. The van der Waals surface area contributed by atoms with Gasteiger partial charge in [-0.1, -0.05) is 0 Å². The Balaban J connectivity index is 1.47. The summed E-state index contributed by atoms with van der Waals surface area (Å²) in [5.41, 5.74) is 1.09. The molecular weight excluding hydrogens is 464 g/mol. The zero-order chi connectivity index (χ0) is 25.4. The predicted octanol–water partition coefficient (Wildman–Crippen LogP) is 4.71. The standard InChI is InChI=1S/C22H18N4O9/c27-20-11-16(23-21(28)34-12-14-1-6-17(7-2-14)25(30)31)5-10-19(20)24-22(29)35-13-15-3-8-18(9-4-15)26(32)33/h1-11,27H,12-13H2,(H,23,28)(H,24,29). The van der Waals surface area contributed by atoms with Gasteiger partial charge in [-0.2, -0.15) is 0 Å². The Labute approximate surface area is 197 Å². The molecule has 0 aliphatic heterocycles. The number of carbonyl (C=O) groups is 2. The number of carbonyl (C=O) groups excluding carboxylic acids is 2. The van der Waals surface area contributed by atoms with Gasteiger partial charge in [0.15, 0.2) is 0 Å². The van der Waals surface area contributed by atoms with Crippen LogP contribution >= 0.6 is 0 Å². The summed E-state index contributed by atoms with van der Waals surface area (Å²) in [5, 5.41) is 36.2. The number of hydrogen-bond acceptors (Lipinski definition) is 9. The fraction of sp³-hybridized carbons (Fsp3) is 0.0909. The molecule has 0 saturated heterocycles. The third-order valence-electron chi connectivity index (χ3n) is 4.52. The molecule has 0 bridgehead atoms. The first-order valence-corrected chi connectivity index (χ1v) is 9.88. The number of aromatic hydroxyl groups is 1. The number of rotatable bonds is 8. The van der Waals surface area contributed by atoms with Gasteiger partial charge in [0.2, 0.25) is 0 Å². The molecule has 0 aromatic heterocycles. The molecule has 0 saturated carbocycles. The molecule has 3 aromatic carbocycles. The SMILES string of the molecule is O=C(Nc1ccc(NC(=O)OCc2ccc([N+](=O)[O-])cc2)c(O)c1)OCc1ccc([N+](=O)[O-])cc1. The van der Waals surface area contributed by atoms with Crippen LogP contribution in [0.15, 0.2) is 66.7 Å². The van der Waals surface area contributed by atoms with E-state index in [0.29, 0.717) is 11.1 Å². The van der Waals surface area contributed by atoms with Gasteiger partial charge in [0.25, 0.3) is 11.4 Å². The van der Waals surface area contributed by atoms with E-state index >= 15 is 0 Å². The molecule has 3 rings (SSSR count). The number of phenols is 1. The summed E-state index contributed by atoms with van der Waals surface area (Å²) in [7, 11) is 0. The zero-order valence-electron chi connectivity index (χ0n) is 17.9. The van der Waals surface area contributed by atoms with Gasteiger partial charge >= 0.3 is 12.2 Å². The van der Waals surface area contributed by atoms with E-state index in [9.17, 15) is 34.9 Å². The molecule has 0 atom stereocenters. The van der Waals surface area contributed by atoms with Crippen LogP contribution in [0.25, 0.3) is 0 Å².